The van der Waals surface area contributed by atoms with E-state index in [4.69, 9.17) is 4.74 Å². The molecule has 0 bridgehead atoms. The molecule has 0 amide bonds. The highest BCUT2D eigenvalue weighted by Crippen LogP contribution is 2.34. The maximum Gasteiger partial charge on any atom is 0.200 e. The third kappa shape index (κ3) is 3.48. The standard InChI is InChI=1S/C18H28N6O/c1-15-12-16(17-21-20-14-24(17)22-15)19-13-18(6-4-2-3-5-7-18)23-8-10-25-11-9-23/h12,14,19H,2-11,13H2,1H3. The molecule has 136 valence electrons. The number of morpholine rings is 1. The lowest BCUT2D eigenvalue weighted by molar-refractivity contribution is -0.0240. The molecule has 4 rings (SSSR count). The van der Waals surface area contributed by atoms with Crippen molar-refractivity contribution in [1.82, 2.24) is 24.7 Å². The third-order valence-electron chi connectivity index (χ3n) is 5.71. The van der Waals surface area contributed by atoms with E-state index in [9.17, 15) is 0 Å². The van der Waals surface area contributed by atoms with Crippen LogP contribution in [0.4, 0.5) is 5.69 Å². The first-order valence-corrected chi connectivity index (χ1v) is 9.51. The topological polar surface area (TPSA) is 67.6 Å². The first kappa shape index (κ1) is 16.7. The van der Waals surface area contributed by atoms with Crippen LogP contribution >= 0.6 is 0 Å². The monoisotopic (exact) mass is 344 g/mol. The highest BCUT2D eigenvalue weighted by Gasteiger charge is 2.37. The first-order valence-electron chi connectivity index (χ1n) is 9.51. The number of aromatic nitrogens is 4. The fourth-order valence-corrected chi connectivity index (χ4v) is 4.37. The quantitative estimate of drug-likeness (QED) is 0.858. The van der Waals surface area contributed by atoms with Gasteiger partial charge in [0.25, 0.3) is 0 Å². The van der Waals surface area contributed by atoms with Crippen LogP contribution in [0.15, 0.2) is 12.4 Å². The van der Waals surface area contributed by atoms with Crippen LogP contribution in [0.2, 0.25) is 0 Å². The summed E-state index contributed by atoms with van der Waals surface area (Å²) in [5, 5.41) is 16.4. The first-order chi connectivity index (χ1) is 12.3. The van der Waals surface area contributed by atoms with Crippen molar-refractivity contribution < 1.29 is 4.74 Å². The minimum absolute atomic E-state index is 0.217. The molecule has 0 spiro atoms. The number of hydrogen-bond acceptors (Lipinski definition) is 6. The Balaban J connectivity index is 1.58. The van der Waals surface area contributed by atoms with E-state index in [-0.39, 0.29) is 5.54 Å². The Morgan fingerprint density at radius 2 is 1.92 bits per heavy atom. The van der Waals surface area contributed by atoms with E-state index in [1.165, 1.54) is 38.5 Å². The summed E-state index contributed by atoms with van der Waals surface area (Å²) in [6.45, 7) is 6.73. The van der Waals surface area contributed by atoms with Crippen LogP contribution < -0.4 is 5.32 Å². The fraction of sp³-hybridized carbons (Fsp3) is 0.722. The Morgan fingerprint density at radius 3 is 2.68 bits per heavy atom. The minimum Gasteiger partial charge on any atom is -0.380 e. The Morgan fingerprint density at radius 1 is 1.16 bits per heavy atom. The summed E-state index contributed by atoms with van der Waals surface area (Å²) >= 11 is 0. The second kappa shape index (κ2) is 7.25. The molecule has 0 unspecified atom stereocenters. The predicted octanol–water partition coefficient (Wildman–Crippen LogP) is 2.27. The molecule has 7 nitrogen and oxygen atoms in total. The van der Waals surface area contributed by atoms with Crippen LogP contribution in [0, 0.1) is 6.92 Å². The van der Waals surface area contributed by atoms with Gasteiger partial charge in [-0.05, 0) is 25.8 Å². The second-order valence-corrected chi connectivity index (χ2v) is 7.39. The molecule has 0 radical (unpaired) electrons. The lowest BCUT2D eigenvalue weighted by atomic mass is 9.87. The number of nitrogens with zero attached hydrogens (tertiary/aromatic N) is 5. The van der Waals surface area contributed by atoms with Crippen molar-refractivity contribution in [2.75, 3.05) is 38.2 Å². The third-order valence-corrected chi connectivity index (χ3v) is 5.71. The molecule has 1 saturated carbocycles. The predicted molar refractivity (Wildman–Crippen MR) is 96.8 cm³/mol. The van der Waals surface area contributed by atoms with Gasteiger partial charge in [0.05, 0.1) is 24.6 Å². The van der Waals surface area contributed by atoms with Gasteiger partial charge in [0.15, 0.2) is 0 Å². The van der Waals surface area contributed by atoms with E-state index in [0.29, 0.717) is 0 Å². The van der Waals surface area contributed by atoms with Crippen molar-refractivity contribution in [3.63, 3.8) is 0 Å². The SMILES string of the molecule is Cc1cc(NCC2(N3CCOCC3)CCCCCC2)c2nncn2n1. The number of hydrogen-bond donors (Lipinski definition) is 1. The van der Waals surface area contributed by atoms with E-state index >= 15 is 0 Å². The number of nitrogens with one attached hydrogen (secondary N) is 1. The van der Waals surface area contributed by atoms with Gasteiger partial charge in [0, 0.05) is 25.2 Å². The highest BCUT2D eigenvalue weighted by molar-refractivity contribution is 5.66. The maximum atomic E-state index is 5.60. The molecule has 2 fully saturated rings. The number of rotatable bonds is 4. The summed E-state index contributed by atoms with van der Waals surface area (Å²) in [5.74, 6) is 0. The average Bonchev–Trinajstić information content (AvgIpc) is 2.97. The van der Waals surface area contributed by atoms with Gasteiger partial charge in [-0.25, -0.2) is 0 Å². The van der Waals surface area contributed by atoms with E-state index < -0.39 is 0 Å². The van der Waals surface area contributed by atoms with Crippen LogP contribution in [0.1, 0.15) is 44.2 Å². The molecular formula is C18H28N6O. The summed E-state index contributed by atoms with van der Waals surface area (Å²) in [6.07, 6.45) is 9.52. The Hall–Kier alpha value is -1.73. The van der Waals surface area contributed by atoms with Gasteiger partial charge in [0.2, 0.25) is 5.65 Å². The summed E-state index contributed by atoms with van der Waals surface area (Å²) in [5.41, 5.74) is 3.02. The number of aryl methyl sites for hydroxylation is 1. The molecule has 1 N–H and O–H groups in total. The van der Waals surface area contributed by atoms with Crippen molar-refractivity contribution in [3.8, 4) is 0 Å². The zero-order valence-corrected chi connectivity index (χ0v) is 15.1. The Bertz CT molecular complexity index is 701. The number of ether oxygens (including phenoxy) is 1. The van der Waals surface area contributed by atoms with Crippen LogP contribution in [0.25, 0.3) is 5.65 Å². The second-order valence-electron chi connectivity index (χ2n) is 7.39. The van der Waals surface area contributed by atoms with Gasteiger partial charge in [-0.3, -0.25) is 4.90 Å². The van der Waals surface area contributed by atoms with Crippen molar-refractivity contribution in [2.45, 2.75) is 51.0 Å². The Labute approximate surface area is 148 Å². The summed E-state index contributed by atoms with van der Waals surface area (Å²) in [7, 11) is 0. The molecule has 0 aromatic carbocycles. The molecule has 7 heteroatoms. The maximum absolute atomic E-state index is 5.60. The number of anilines is 1. The van der Waals surface area contributed by atoms with Crippen LogP contribution in [0.5, 0.6) is 0 Å². The van der Waals surface area contributed by atoms with Gasteiger partial charge >= 0.3 is 0 Å². The molecular weight excluding hydrogens is 316 g/mol. The smallest absolute Gasteiger partial charge is 0.200 e. The molecule has 1 aliphatic carbocycles. The van der Waals surface area contributed by atoms with E-state index in [0.717, 1.165) is 49.9 Å². The van der Waals surface area contributed by atoms with Gasteiger partial charge in [-0.2, -0.15) is 9.61 Å². The van der Waals surface area contributed by atoms with E-state index in [1.54, 1.807) is 10.8 Å². The van der Waals surface area contributed by atoms with Gasteiger partial charge in [-0.15, -0.1) is 10.2 Å². The lowest BCUT2D eigenvalue weighted by Crippen LogP contribution is -2.56. The molecule has 1 aliphatic heterocycles. The zero-order chi connectivity index (χ0) is 17.1. The largest absolute Gasteiger partial charge is 0.380 e. The van der Waals surface area contributed by atoms with Crippen molar-refractivity contribution in [3.05, 3.63) is 18.1 Å². The lowest BCUT2D eigenvalue weighted by Gasteiger charge is -2.46. The van der Waals surface area contributed by atoms with Crippen molar-refractivity contribution >= 4 is 11.3 Å². The molecule has 2 aromatic rings. The van der Waals surface area contributed by atoms with Gasteiger partial charge in [-0.1, -0.05) is 25.7 Å². The average molecular weight is 344 g/mol. The van der Waals surface area contributed by atoms with Crippen LogP contribution in [-0.2, 0) is 4.74 Å². The molecule has 3 heterocycles. The summed E-state index contributed by atoms with van der Waals surface area (Å²) in [4.78, 5) is 2.67. The molecule has 2 aromatic heterocycles. The van der Waals surface area contributed by atoms with Crippen LogP contribution in [-0.4, -0.2) is 63.1 Å². The van der Waals surface area contributed by atoms with Crippen molar-refractivity contribution in [2.24, 2.45) is 0 Å². The zero-order valence-electron chi connectivity index (χ0n) is 15.1. The highest BCUT2D eigenvalue weighted by atomic mass is 16.5. The van der Waals surface area contributed by atoms with E-state index in [1.807, 2.05) is 6.92 Å². The molecule has 1 saturated heterocycles. The van der Waals surface area contributed by atoms with Crippen LogP contribution in [0.3, 0.4) is 0 Å². The molecule has 25 heavy (non-hydrogen) atoms. The Kier molecular flexibility index (Phi) is 4.85. The minimum atomic E-state index is 0.217. The van der Waals surface area contributed by atoms with Crippen molar-refractivity contribution in [1.29, 1.82) is 0 Å². The molecule has 0 atom stereocenters. The van der Waals surface area contributed by atoms with Gasteiger partial charge in [0.1, 0.15) is 6.33 Å². The molecule has 2 aliphatic rings. The number of fused-ring (bicyclic) bond motifs is 1. The summed E-state index contributed by atoms with van der Waals surface area (Å²) < 4.78 is 7.36. The van der Waals surface area contributed by atoms with Gasteiger partial charge < -0.3 is 10.1 Å². The fourth-order valence-electron chi connectivity index (χ4n) is 4.37. The van der Waals surface area contributed by atoms with E-state index in [2.05, 4.69) is 31.6 Å². The summed E-state index contributed by atoms with van der Waals surface area (Å²) in [6, 6.07) is 2.08. The normalized spacial score (nSPS) is 22.0.